The summed E-state index contributed by atoms with van der Waals surface area (Å²) >= 11 is 0. The van der Waals surface area contributed by atoms with Gasteiger partial charge in [0.2, 0.25) is 0 Å². The van der Waals surface area contributed by atoms with E-state index in [0.717, 1.165) is 46.2 Å². The number of hydrogen-bond donors (Lipinski definition) is 4. The van der Waals surface area contributed by atoms with Crippen LogP contribution in [-0.4, -0.2) is 34.3 Å². The largest absolute Gasteiger partial charge is 0.488 e. The van der Waals surface area contributed by atoms with E-state index in [1.807, 2.05) is 24.3 Å². The molecule has 1 aliphatic carbocycles. The van der Waals surface area contributed by atoms with Crippen molar-refractivity contribution in [1.29, 1.82) is 0 Å². The Bertz CT molecular complexity index is 1380. The molecule has 0 aromatic heterocycles. The number of benzene rings is 4. The Labute approximate surface area is 257 Å². The van der Waals surface area contributed by atoms with Gasteiger partial charge in [-0.3, -0.25) is 0 Å². The summed E-state index contributed by atoms with van der Waals surface area (Å²) in [6.45, 7) is 4.46. The van der Waals surface area contributed by atoms with Crippen LogP contribution in [0.2, 0.25) is 0 Å². The molecule has 5 rings (SSSR count). The molecule has 0 amide bonds. The predicted octanol–water partition coefficient (Wildman–Crippen LogP) is 5.65. The van der Waals surface area contributed by atoms with Crippen molar-refractivity contribution in [3.63, 3.8) is 0 Å². The van der Waals surface area contributed by atoms with E-state index in [-0.39, 0.29) is 0 Å². The second kappa shape index (κ2) is 14.1. The Morgan fingerprint density at radius 1 is 0.488 bits per heavy atom. The number of rotatable bonds is 14. The van der Waals surface area contributed by atoms with Crippen molar-refractivity contribution in [2.45, 2.75) is 83.5 Å². The zero-order valence-corrected chi connectivity index (χ0v) is 25.6. The molecule has 0 aliphatic heterocycles. The van der Waals surface area contributed by atoms with Crippen molar-refractivity contribution < 1.29 is 20.1 Å². The number of hydrogen-bond acceptors (Lipinski definition) is 4. The lowest BCUT2D eigenvalue weighted by molar-refractivity contribution is 0.424. The summed E-state index contributed by atoms with van der Waals surface area (Å²) < 4.78 is 0. The maximum absolute atomic E-state index is 10.2. The predicted molar refractivity (Wildman–Crippen MR) is 179 cm³/mol. The summed E-state index contributed by atoms with van der Waals surface area (Å²) in [6.07, 6.45) is 11.8. The van der Waals surface area contributed by atoms with E-state index in [9.17, 15) is 20.1 Å². The maximum Gasteiger partial charge on any atom is 0.488 e. The summed E-state index contributed by atoms with van der Waals surface area (Å²) in [6, 6.07) is 29.0. The van der Waals surface area contributed by atoms with E-state index in [1.165, 1.54) is 62.5 Å². The molecule has 1 aliphatic rings. The van der Waals surface area contributed by atoms with E-state index >= 15 is 0 Å². The van der Waals surface area contributed by atoms with Gasteiger partial charge >= 0.3 is 14.2 Å². The van der Waals surface area contributed by atoms with E-state index in [2.05, 4.69) is 62.4 Å². The molecule has 0 heterocycles. The molecule has 0 spiro atoms. The summed E-state index contributed by atoms with van der Waals surface area (Å²) in [5.74, 6) is 0. The SMILES string of the molecule is CCCCCCc1ccc(C2(c3ccc(CCCCCC)cc3)c3cc(B(O)O)ccc3-c3ccc(B(O)O)cc32)cc1. The molecule has 222 valence electrons. The molecule has 4 nitrogen and oxygen atoms in total. The van der Waals surface area contributed by atoms with Gasteiger partial charge in [-0.25, -0.2) is 0 Å². The van der Waals surface area contributed by atoms with E-state index < -0.39 is 19.7 Å². The number of unbranched alkanes of at least 4 members (excludes halogenated alkanes) is 6. The monoisotopic (exact) mass is 574 g/mol. The smallest absolute Gasteiger partial charge is 0.423 e. The van der Waals surface area contributed by atoms with Crippen LogP contribution in [0.3, 0.4) is 0 Å². The standard InChI is InChI=1S/C37H44B2O4/c1-3-5-7-9-11-27-13-17-29(18-14-27)37(30-19-15-28(16-20-30)12-10-8-6-4-2)35-25-31(38(40)41)21-23-33(35)34-24-22-32(39(42)43)26-36(34)37/h13-26,40-43H,3-12H2,1-2H3. The topological polar surface area (TPSA) is 80.9 Å². The Hall–Kier alpha value is -3.15. The van der Waals surface area contributed by atoms with Crippen LogP contribution in [0.4, 0.5) is 0 Å². The first-order valence-electron chi connectivity index (χ1n) is 16.1. The second-order valence-corrected chi connectivity index (χ2v) is 12.1. The first-order valence-corrected chi connectivity index (χ1v) is 16.1. The van der Waals surface area contributed by atoms with Gasteiger partial charge in [-0.15, -0.1) is 0 Å². The molecule has 4 N–H and O–H groups in total. The first-order chi connectivity index (χ1) is 20.9. The Balaban J connectivity index is 1.69. The zero-order chi connectivity index (χ0) is 30.4. The fraction of sp³-hybridized carbons (Fsp3) is 0.351. The van der Waals surface area contributed by atoms with Gasteiger partial charge in [0.05, 0.1) is 5.41 Å². The molecule has 0 atom stereocenters. The molecule has 0 saturated carbocycles. The van der Waals surface area contributed by atoms with Crippen LogP contribution in [0.15, 0.2) is 84.9 Å². The fourth-order valence-corrected chi connectivity index (χ4v) is 6.82. The van der Waals surface area contributed by atoms with Crippen molar-refractivity contribution in [2.24, 2.45) is 0 Å². The van der Waals surface area contributed by atoms with Gasteiger partial charge < -0.3 is 20.1 Å². The number of aryl methyl sites for hydroxylation is 2. The fourth-order valence-electron chi connectivity index (χ4n) is 6.82. The van der Waals surface area contributed by atoms with Gasteiger partial charge in [-0.1, -0.05) is 137 Å². The summed E-state index contributed by atoms with van der Waals surface area (Å²) in [5, 5.41) is 40.8. The lowest BCUT2D eigenvalue weighted by Crippen LogP contribution is -2.35. The van der Waals surface area contributed by atoms with Gasteiger partial charge in [0.25, 0.3) is 0 Å². The highest BCUT2D eigenvalue weighted by Crippen LogP contribution is 2.55. The van der Waals surface area contributed by atoms with E-state index in [1.54, 1.807) is 12.1 Å². The Morgan fingerprint density at radius 3 is 1.23 bits per heavy atom. The van der Waals surface area contributed by atoms with Crippen LogP contribution in [0.5, 0.6) is 0 Å². The van der Waals surface area contributed by atoms with Crippen LogP contribution in [0.1, 0.15) is 98.6 Å². The Morgan fingerprint density at radius 2 is 0.884 bits per heavy atom. The molecule has 4 aromatic carbocycles. The quantitative estimate of drug-likeness (QED) is 0.102. The van der Waals surface area contributed by atoms with Crippen LogP contribution in [-0.2, 0) is 18.3 Å². The van der Waals surface area contributed by atoms with Crippen molar-refractivity contribution in [3.8, 4) is 11.1 Å². The third-order valence-corrected chi connectivity index (χ3v) is 9.19. The highest BCUT2D eigenvalue weighted by atomic mass is 16.4. The van der Waals surface area contributed by atoms with E-state index in [0.29, 0.717) is 10.9 Å². The molecular weight excluding hydrogens is 530 g/mol. The van der Waals surface area contributed by atoms with Crippen molar-refractivity contribution in [1.82, 2.24) is 0 Å². The van der Waals surface area contributed by atoms with Gasteiger partial charge in [0.1, 0.15) is 0 Å². The summed E-state index contributed by atoms with van der Waals surface area (Å²) in [5.41, 5.74) is 8.75. The molecule has 0 unspecified atom stereocenters. The van der Waals surface area contributed by atoms with Gasteiger partial charge in [0.15, 0.2) is 0 Å². The van der Waals surface area contributed by atoms with Crippen LogP contribution < -0.4 is 10.9 Å². The second-order valence-electron chi connectivity index (χ2n) is 12.1. The minimum atomic E-state index is -1.60. The molecule has 0 bridgehead atoms. The molecule has 0 saturated heterocycles. The van der Waals surface area contributed by atoms with Gasteiger partial charge in [0, 0.05) is 0 Å². The van der Waals surface area contributed by atoms with Crippen LogP contribution in [0, 0.1) is 0 Å². The third-order valence-electron chi connectivity index (χ3n) is 9.19. The zero-order valence-electron chi connectivity index (χ0n) is 25.6. The van der Waals surface area contributed by atoms with Gasteiger partial charge in [-0.05, 0) is 81.1 Å². The summed E-state index contributed by atoms with van der Waals surface area (Å²) in [4.78, 5) is 0. The first kappa shape index (κ1) is 31.3. The van der Waals surface area contributed by atoms with Crippen molar-refractivity contribution >= 4 is 25.2 Å². The number of fused-ring (bicyclic) bond motifs is 3. The molecule has 43 heavy (non-hydrogen) atoms. The van der Waals surface area contributed by atoms with Crippen LogP contribution in [0.25, 0.3) is 11.1 Å². The van der Waals surface area contributed by atoms with Gasteiger partial charge in [-0.2, -0.15) is 0 Å². The van der Waals surface area contributed by atoms with Crippen molar-refractivity contribution in [3.05, 3.63) is 118 Å². The lowest BCUT2D eigenvalue weighted by atomic mass is 9.65. The molecule has 4 aromatic rings. The normalized spacial score (nSPS) is 13.1. The highest BCUT2D eigenvalue weighted by Gasteiger charge is 2.47. The average molecular weight is 574 g/mol. The summed E-state index contributed by atoms with van der Waals surface area (Å²) in [7, 11) is -3.20. The van der Waals surface area contributed by atoms with E-state index in [4.69, 9.17) is 0 Å². The molecule has 0 fully saturated rings. The minimum absolute atomic E-state index is 0.429. The average Bonchev–Trinajstić information content (AvgIpc) is 3.32. The highest BCUT2D eigenvalue weighted by molar-refractivity contribution is 6.59. The molecule has 6 heteroatoms. The molecular formula is C37H44B2O4. The lowest BCUT2D eigenvalue weighted by Gasteiger charge is -2.34. The minimum Gasteiger partial charge on any atom is -0.423 e. The maximum atomic E-state index is 10.2. The van der Waals surface area contributed by atoms with Crippen molar-refractivity contribution in [2.75, 3.05) is 0 Å². The Kier molecular flexibility index (Phi) is 10.2. The molecule has 0 radical (unpaired) electrons. The third kappa shape index (κ3) is 6.39. The van der Waals surface area contributed by atoms with Crippen LogP contribution >= 0.6 is 0 Å².